The smallest absolute Gasteiger partial charge is 0.191 e. The van der Waals surface area contributed by atoms with Crippen molar-refractivity contribution in [3.05, 3.63) is 35.4 Å². The van der Waals surface area contributed by atoms with Gasteiger partial charge in [0, 0.05) is 46.9 Å². The second-order valence-corrected chi connectivity index (χ2v) is 10.3. The molecule has 0 aliphatic rings. The number of aryl methyl sites for hydroxylation is 1. The van der Waals surface area contributed by atoms with E-state index < -0.39 is 10.8 Å². The molecule has 150 valence electrons. The first kappa shape index (κ1) is 25.4. The lowest BCUT2D eigenvalue weighted by molar-refractivity contribution is 0.509. The summed E-state index contributed by atoms with van der Waals surface area (Å²) in [6.45, 7) is 14.1. The number of nitrogens with zero attached hydrogens (tertiary/aromatic N) is 1. The highest BCUT2D eigenvalue weighted by Gasteiger charge is 2.21. The minimum Gasteiger partial charge on any atom is -0.356 e. The van der Waals surface area contributed by atoms with Crippen molar-refractivity contribution in [2.24, 2.45) is 4.99 Å². The molecule has 0 amide bonds. The van der Waals surface area contributed by atoms with Crippen molar-refractivity contribution in [2.75, 3.05) is 25.9 Å². The topological polar surface area (TPSA) is 53.5 Å². The summed E-state index contributed by atoms with van der Waals surface area (Å²) in [7, 11) is 0.908. The highest BCUT2D eigenvalue weighted by Crippen LogP contribution is 2.22. The molecule has 0 spiro atoms. The van der Waals surface area contributed by atoms with Crippen LogP contribution in [-0.4, -0.2) is 40.8 Å². The van der Waals surface area contributed by atoms with Crippen LogP contribution in [0.3, 0.4) is 0 Å². The van der Waals surface area contributed by atoms with Crippen LogP contribution in [0, 0.1) is 0 Å². The Hall–Kier alpha value is -0.630. The van der Waals surface area contributed by atoms with Crippen LogP contribution in [0.15, 0.2) is 29.3 Å². The number of hydrogen-bond acceptors (Lipinski definition) is 2. The van der Waals surface area contributed by atoms with Gasteiger partial charge in [0.05, 0.1) is 0 Å². The molecule has 0 radical (unpaired) electrons. The fourth-order valence-corrected chi connectivity index (χ4v) is 3.29. The molecule has 2 N–H and O–H groups in total. The van der Waals surface area contributed by atoms with E-state index in [9.17, 15) is 4.21 Å². The molecule has 1 atom stereocenters. The average Bonchev–Trinajstić information content (AvgIpc) is 2.56. The van der Waals surface area contributed by atoms with E-state index in [1.807, 2.05) is 20.8 Å². The summed E-state index contributed by atoms with van der Waals surface area (Å²) in [5.41, 5.74) is 2.66. The van der Waals surface area contributed by atoms with E-state index in [0.29, 0.717) is 12.3 Å². The molecule has 1 aromatic carbocycles. The summed E-state index contributed by atoms with van der Waals surface area (Å²) in [5.74, 6) is 1.37. The average molecular weight is 493 g/mol. The Morgan fingerprint density at radius 2 is 1.65 bits per heavy atom. The van der Waals surface area contributed by atoms with Gasteiger partial charge in [0.25, 0.3) is 0 Å². The van der Waals surface area contributed by atoms with Crippen LogP contribution in [0.1, 0.15) is 52.7 Å². The number of rotatable bonds is 7. The SMILES string of the molecule is CCc1ccc(C(C)(C)CNC(=NC)NCCS(=O)C(C)(C)C)cc1.I. The van der Waals surface area contributed by atoms with Crippen LogP contribution in [0.2, 0.25) is 0 Å². The van der Waals surface area contributed by atoms with Crippen LogP contribution >= 0.6 is 24.0 Å². The van der Waals surface area contributed by atoms with E-state index in [1.54, 1.807) is 7.05 Å². The van der Waals surface area contributed by atoms with Crippen molar-refractivity contribution in [2.45, 2.75) is 58.1 Å². The molecule has 0 fully saturated rings. The molecule has 0 heterocycles. The Labute approximate surface area is 179 Å². The summed E-state index contributed by atoms with van der Waals surface area (Å²) < 4.78 is 11.9. The molecule has 0 aliphatic heterocycles. The molecule has 0 aliphatic carbocycles. The first-order valence-electron chi connectivity index (χ1n) is 9.02. The van der Waals surface area contributed by atoms with Crippen molar-refractivity contribution in [1.82, 2.24) is 10.6 Å². The highest BCUT2D eigenvalue weighted by molar-refractivity contribution is 14.0. The fraction of sp³-hybridized carbons (Fsp3) is 0.650. The van der Waals surface area contributed by atoms with Gasteiger partial charge in [0.1, 0.15) is 0 Å². The Kier molecular flexibility index (Phi) is 11.0. The molecule has 1 unspecified atom stereocenters. The Morgan fingerprint density at radius 3 is 2.12 bits per heavy atom. The van der Waals surface area contributed by atoms with Crippen molar-refractivity contribution in [1.29, 1.82) is 0 Å². The lowest BCUT2D eigenvalue weighted by Gasteiger charge is -2.27. The Bertz CT molecular complexity index is 592. The first-order valence-corrected chi connectivity index (χ1v) is 10.3. The molecule has 1 rings (SSSR count). The summed E-state index contributed by atoms with van der Waals surface area (Å²) in [6, 6.07) is 8.82. The molecular formula is C20H36IN3OS. The van der Waals surface area contributed by atoms with Gasteiger partial charge in [-0.2, -0.15) is 0 Å². The Morgan fingerprint density at radius 1 is 1.08 bits per heavy atom. The summed E-state index contributed by atoms with van der Waals surface area (Å²) in [6.07, 6.45) is 1.06. The van der Waals surface area contributed by atoms with Gasteiger partial charge in [-0.1, -0.05) is 45.0 Å². The van der Waals surface area contributed by atoms with Crippen LogP contribution in [-0.2, 0) is 22.6 Å². The molecule has 6 heteroatoms. The number of hydrogen-bond donors (Lipinski definition) is 2. The predicted molar refractivity (Wildman–Crippen MR) is 126 cm³/mol. The third kappa shape index (κ3) is 8.37. The zero-order valence-electron chi connectivity index (χ0n) is 17.3. The number of aliphatic imine (C=N–C) groups is 1. The summed E-state index contributed by atoms with van der Waals surface area (Å²) in [5, 5.41) is 6.65. The van der Waals surface area contributed by atoms with Crippen molar-refractivity contribution < 1.29 is 4.21 Å². The molecule has 26 heavy (non-hydrogen) atoms. The van der Waals surface area contributed by atoms with E-state index in [0.717, 1.165) is 18.9 Å². The van der Waals surface area contributed by atoms with Crippen molar-refractivity contribution >= 4 is 40.7 Å². The van der Waals surface area contributed by atoms with Gasteiger partial charge in [-0.05, 0) is 38.3 Å². The van der Waals surface area contributed by atoms with Crippen molar-refractivity contribution in [3.63, 3.8) is 0 Å². The number of halogens is 1. The number of guanidine groups is 1. The molecular weight excluding hydrogens is 457 g/mol. The number of benzene rings is 1. The zero-order chi connectivity index (χ0) is 19.1. The van der Waals surface area contributed by atoms with E-state index in [2.05, 4.69) is 60.7 Å². The molecule has 1 aromatic rings. The molecule has 0 saturated heterocycles. The number of nitrogens with one attached hydrogen (secondary N) is 2. The second-order valence-electron chi connectivity index (χ2n) is 7.95. The maximum absolute atomic E-state index is 12.1. The van der Waals surface area contributed by atoms with E-state index in [4.69, 9.17) is 0 Å². The standard InChI is InChI=1S/C20H35N3OS.HI/c1-8-16-9-11-17(12-10-16)20(5,6)15-23-18(21-7)22-13-14-25(24)19(2,3)4;/h9-12H,8,13-15H2,1-7H3,(H2,21,22,23);1H. The normalized spacial score (nSPS) is 13.7. The van der Waals surface area contributed by atoms with E-state index >= 15 is 0 Å². The van der Waals surface area contributed by atoms with Gasteiger partial charge < -0.3 is 10.6 Å². The molecule has 0 aromatic heterocycles. The quantitative estimate of drug-likeness (QED) is 0.345. The first-order chi connectivity index (χ1) is 11.6. The van der Waals surface area contributed by atoms with E-state index in [1.165, 1.54) is 11.1 Å². The van der Waals surface area contributed by atoms with Gasteiger partial charge in [-0.25, -0.2) is 0 Å². The van der Waals surface area contributed by atoms with Gasteiger partial charge in [-0.15, -0.1) is 24.0 Å². The Balaban J connectivity index is 0.00000625. The minimum atomic E-state index is -0.855. The van der Waals surface area contributed by atoms with Gasteiger partial charge in [0.15, 0.2) is 5.96 Å². The second kappa shape index (κ2) is 11.3. The monoisotopic (exact) mass is 493 g/mol. The third-order valence-electron chi connectivity index (χ3n) is 4.33. The maximum Gasteiger partial charge on any atom is 0.191 e. The predicted octanol–water partition coefficient (Wildman–Crippen LogP) is 3.86. The van der Waals surface area contributed by atoms with E-state index in [-0.39, 0.29) is 34.1 Å². The largest absolute Gasteiger partial charge is 0.356 e. The molecule has 4 nitrogen and oxygen atoms in total. The third-order valence-corrected chi connectivity index (χ3v) is 6.27. The van der Waals surface area contributed by atoms with Gasteiger partial charge >= 0.3 is 0 Å². The van der Waals surface area contributed by atoms with Crippen LogP contribution in [0.4, 0.5) is 0 Å². The fourth-order valence-electron chi connectivity index (χ4n) is 2.39. The maximum atomic E-state index is 12.1. The zero-order valence-corrected chi connectivity index (χ0v) is 20.5. The van der Waals surface area contributed by atoms with Crippen molar-refractivity contribution in [3.8, 4) is 0 Å². The highest BCUT2D eigenvalue weighted by atomic mass is 127. The molecule has 0 saturated carbocycles. The van der Waals surface area contributed by atoms with Gasteiger partial charge in [0.2, 0.25) is 0 Å². The lowest BCUT2D eigenvalue weighted by atomic mass is 9.84. The van der Waals surface area contributed by atoms with Crippen LogP contribution in [0.25, 0.3) is 0 Å². The minimum absolute atomic E-state index is 0. The van der Waals surface area contributed by atoms with Gasteiger partial charge in [-0.3, -0.25) is 9.20 Å². The lowest BCUT2D eigenvalue weighted by Crippen LogP contribution is -2.44. The summed E-state index contributed by atoms with van der Waals surface area (Å²) >= 11 is 0. The summed E-state index contributed by atoms with van der Waals surface area (Å²) in [4.78, 5) is 4.27. The van der Waals surface area contributed by atoms with Crippen LogP contribution < -0.4 is 10.6 Å². The van der Waals surface area contributed by atoms with Crippen LogP contribution in [0.5, 0.6) is 0 Å². The molecule has 0 bridgehead atoms.